The van der Waals surface area contributed by atoms with Gasteiger partial charge in [-0.1, -0.05) is 18.2 Å². The van der Waals surface area contributed by atoms with E-state index in [1.54, 1.807) is 24.4 Å². The van der Waals surface area contributed by atoms with E-state index in [0.717, 1.165) is 42.6 Å². The summed E-state index contributed by atoms with van der Waals surface area (Å²) in [5, 5.41) is 5.30. The van der Waals surface area contributed by atoms with Gasteiger partial charge < -0.3 is 19.7 Å². The molecule has 0 unspecified atom stereocenters. The summed E-state index contributed by atoms with van der Waals surface area (Å²) in [5.41, 5.74) is 3.32. The number of halogens is 1. The maximum Gasteiger partial charge on any atom is 0.270 e. The highest BCUT2D eigenvalue weighted by Gasteiger charge is 2.31. The highest BCUT2D eigenvalue weighted by atomic mass is 32.1. The fraction of sp³-hybridized carbons (Fsp3) is 0.370. The van der Waals surface area contributed by atoms with Gasteiger partial charge in [0.15, 0.2) is 0 Å². The van der Waals surface area contributed by atoms with Gasteiger partial charge in [-0.05, 0) is 60.2 Å². The van der Waals surface area contributed by atoms with Crippen LogP contribution < -0.4 is 10.1 Å². The Morgan fingerprint density at radius 2 is 2.08 bits per heavy atom. The second kappa shape index (κ2) is 10.8. The van der Waals surface area contributed by atoms with Gasteiger partial charge in [0.25, 0.3) is 5.91 Å². The predicted molar refractivity (Wildman–Crippen MR) is 134 cm³/mol. The van der Waals surface area contributed by atoms with Crippen molar-refractivity contribution in [2.24, 2.45) is 0 Å². The molecular formula is C27H28FN3O4S. The summed E-state index contributed by atoms with van der Waals surface area (Å²) in [7, 11) is 0. The van der Waals surface area contributed by atoms with Gasteiger partial charge in [-0.3, -0.25) is 9.59 Å². The smallest absolute Gasteiger partial charge is 0.270 e. The minimum atomic E-state index is -0.315. The Morgan fingerprint density at radius 3 is 2.83 bits per heavy atom. The molecule has 0 spiro atoms. The van der Waals surface area contributed by atoms with E-state index in [1.165, 1.54) is 23.5 Å². The monoisotopic (exact) mass is 509 g/mol. The first kappa shape index (κ1) is 24.4. The number of nitrogens with one attached hydrogen (secondary N) is 1. The van der Waals surface area contributed by atoms with Crippen LogP contribution in [0.25, 0.3) is 0 Å². The normalized spacial score (nSPS) is 19.1. The second-order valence-corrected chi connectivity index (χ2v) is 9.98. The Labute approximate surface area is 213 Å². The molecule has 2 aliphatic rings. The van der Waals surface area contributed by atoms with E-state index in [2.05, 4.69) is 10.3 Å². The Kier molecular flexibility index (Phi) is 7.29. The Hall–Kier alpha value is -3.30. The molecule has 3 aromatic rings. The summed E-state index contributed by atoms with van der Waals surface area (Å²) in [5.74, 6) is 0.0816. The fourth-order valence-corrected chi connectivity index (χ4v) is 5.44. The lowest BCUT2D eigenvalue weighted by Gasteiger charge is -2.37. The molecule has 2 aliphatic heterocycles. The summed E-state index contributed by atoms with van der Waals surface area (Å²) in [6.45, 7) is 3.61. The fourth-order valence-electron chi connectivity index (χ4n) is 4.76. The largest absolute Gasteiger partial charge is 0.486 e. The third kappa shape index (κ3) is 5.42. The molecule has 3 heterocycles. The lowest BCUT2D eigenvalue weighted by Crippen LogP contribution is -2.39. The van der Waals surface area contributed by atoms with Gasteiger partial charge in [-0.2, -0.15) is 0 Å². The van der Waals surface area contributed by atoms with Crippen molar-refractivity contribution in [2.45, 2.75) is 44.9 Å². The number of amides is 2. The van der Waals surface area contributed by atoms with Crippen molar-refractivity contribution in [3.63, 3.8) is 0 Å². The van der Waals surface area contributed by atoms with Crippen molar-refractivity contribution in [3.8, 4) is 5.75 Å². The molecule has 0 aliphatic carbocycles. The maximum absolute atomic E-state index is 13.6. The minimum Gasteiger partial charge on any atom is -0.486 e. The summed E-state index contributed by atoms with van der Waals surface area (Å²) in [6.07, 6.45) is 2.81. The second-order valence-electron chi connectivity index (χ2n) is 9.04. The molecule has 1 N–H and O–H groups in total. The number of benzene rings is 2. The van der Waals surface area contributed by atoms with Crippen molar-refractivity contribution in [3.05, 3.63) is 81.1 Å². The molecule has 2 atom stereocenters. The van der Waals surface area contributed by atoms with Gasteiger partial charge >= 0.3 is 0 Å². The first-order chi connectivity index (χ1) is 17.5. The Morgan fingerprint density at radius 1 is 1.25 bits per heavy atom. The predicted octanol–water partition coefficient (Wildman–Crippen LogP) is 4.26. The minimum absolute atomic E-state index is 0.0330. The van der Waals surface area contributed by atoms with Gasteiger partial charge in [0, 0.05) is 32.0 Å². The van der Waals surface area contributed by atoms with Crippen LogP contribution in [0.15, 0.2) is 47.8 Å². The van der Waals surface area contributed by atoms with Gasteiger partial charge in [0.2, 0.25) is 5.91 Å². The van der Waals surface area contributed by atoms with Crippen molar-refractivity contribution in [1.82, 2.24) is 15.2 Å². The zero-order valence-corrected chi connectivity index (χ0v) is 20.9. The Bertz CT molecular complexity index is 1240. The lowest BCUT2D eigenvalue weighted by atomic mass is 9.88. The molecular weight excluding hydrogens is 481 g/mol. The number of fused-ring (bicyclic) bond motifs is 1. The molecule has 1 aromatic heterocycles. The van der Waals surface area contributed by atoms with Crippen LogP contribution in [0.4, 0.5) is 4.39 Å². The molecule has 7 nitrogen and oxygen atoms in total. The first-order valence-electron chi connectivity index (χ1n) is 12.1. The van der Waals surface area contributed by atoms with Crippen molar-refractivity contribution in [1.29, 1.82) is 0 Å². The average Bonchev–Trinajstić information content (AvgIpc) is 3.58. The van der Waals surface area contributed by atoms with Gasteiger partial charge in [0.05, 0.1) is 12.1 Å². The van der Waals surface area contributed by atoms with Crippen LogP contribution in [-0.4, -0.2) is 47.5 Å². The standard InChI is InChI=1S/C27H28FN3O4S/c1-17(32)31-11-10-18-6-9-21(13-23(18)26(31)19-4-7-20(28)8-5-19)35-15-25-30-24(16-36-25)27(33)29-14-22-3-2-12-34-22/h4-9,13,16,22,26H,2-3,10-12,14-15H2,1H3,(H,29,33)/t22-,26+/m0/s1. The molecule has 2 aromatic carbocycles. The van der Waals surface area contributed by atoms with Crippen LogP contribution in [0, 0.1) is 5.82 Å². The number of ether oxygens (including phenoxy) is 2. The number of nitrogens with zero attached hydrogens (tertiary/aromatic N) is 2. The SMILES string of the molecule is CC(=O)N1CCc2ccc(OCc3nc(C(=O)NC[C@@H]4CCCO4)cs3)cc2[C@H]1c1ccc(F)cc1. The number of hydrogen-bond acceptors (Lipinski definition) is 6. The highest BCUT2D eigenvalue weighted by Crippen LogP contribution is 2.37. The molecule has 0 saturated carbocycles. The number of carbonyl (C=O) groups excluding carboxylic acids is 2. The van der Waals surface area contributed by atoms with Crippen LogP contribution in [0.5, 0.6) is 5.75 Å². The van der Waals surface area contributed by atoms with Crippen LogP contribution in [0.2, 0.25) is 0 Å². The van der Waals surface area contributed by atoms with E-state index >= 15 is 0 Å². The number of thiazole rings is 1. The van der Waals surface area contributed by atoms with Crippen LogP contribution >= 0.6 is 11.3 Å². The van der Waals surface area contributed by atoms with E-state index in [-0.39, 0.29) is 36.4 Å². The van der Waals surface area contributed by atoms with E-state index in [0.29, 0.717) is 29.5 Å². The summed E-state index contributed by atoms with van der Waals surface area (Å²) < 4.78 is 25.1. The van der Waals surface area contributed by atoms with E-state index in [9.17, 15) is 14.0 Å². The molecule has 1 saturated heterocycles. The van der Waals surface area contributed by atoms with E-state index in [1.807, 2.05) is 23.1 Å². The van der Waals surface area contributed by atoms with Crippen LogP contribution in [0.1, 0.15) is 58.0 Å². The van der Waals surface area contributed by atoms with Crippen LogP contribution in [0.3, 0.4) is 0 Å². The molecule has 188 valence electrons. The number of rotatable bonds is 7. The summed E-state index contributed by atoms with van der Waals surface area (Å²) in [6, 6.07) is 11.8. The third-order valence-corrected chi connectivity index (χ3v) is 7.42. The topological polar surface area (TPSA) is 80.8 Å². The molecule has 36 heavy (non-hydrogen) atoms. The molecule has 9 heteroatoms. The first-order valence-corrected chi connectivity index (χ1v) is 13.0. The number of hydrogen-bond donors (Lipinski definition) is 1. The van der Waals surface area contributed by atoms with Crippen LogP contribution in [-0.2, 0) is 22.6 Å². The highest BCUT2D eigenvalue weighted by molar-refractivity contribution is 7.09. The molecule has 2 amide bonds. The van der Waals surface area contributed by atoms with Gasteiger partial charge in [-0.15, -0.1) is 11.3 Å². The molecule has 0 bridgehead atoms. The van der Waals surface area contributed by atoms with E-state index in [4.69, 9.17) is 9.47 Å². The average molecular weight is 510 g/mol. The van der Waals surface area contributed by atoms with Crippen molar-refractivity contribution >= 4 is 23.2 Å². The number of carbonyl (C=O) groups is 2. The summed E-state index contributed by atoms with van der Waals surface area (Å²) >= 11 is 1.37. The molecule has 1 fully saturated rings. The summed E-state index contributed by atoms with van der Waals surface area (Å²) in [4.78, 5) is 31.0. The third-order valence-electron chi connectivity index (χ3n) is 6.60. The molecule has 0 radical (unpaired) electrons. The number of aromatic nitrogens is 1. The maximum atomic E-state index is 13.6. The van der Waals surface area contributed by atoms with Crippen molar-refractivity contribution < 1.29 is 23.5 Å². The van der Waals surface area contributed by atoms with Gasteiger partial charge in [0.1, 0.15) is 28.9 Å². The zero-order valence-electron chi connectivity index (χ0n) is 20.0. The zero-order chi connectivity index (χ0) is 25.1. The van der Waals surface area contributed by atoms with Crippen molar-refractivity contribution in [2.75, 3.05) is 19.7 Å². The van der Waals surface area contributed by atoms with E-state index < -0.39 is 0 Å². The molecule has 5 rings (SSSR count). The quantitative estimate of drug-likeness (QED) is 0.515. The Balaban J connectivity index is 1.28. The lowest BCUT2D eigenvalue weighted by molar-refractivity contribution is -0.130. The van der Waals surface area contributed by atoms with Gasteiger partial charge in [-0.25, -0.2) is 9.37 Å².